The van der Waals surface area contributed by atoms with Gasteiger partial charge in [-0.1, -0.05) is 5.16 Å². The van der Waals surface area contributed by atoms with Crippen molar-refractivity contribution in [2.24, 2.45) is 5.92 Å². The monoisotopic (exact) mass is 330 g/mol. The number of nitrogens with zero attached hydrogens (tertiary/aromatic N) is 2. The summed E-state index contributed by atoms with van der Waals surface area (Å²) in [5.41, 5.74) is 0.679. The van der Waals surface area contributed by atoms with Crippen LogP contribution in [0.15, 0.2) is 16.3 Å². The molecule has 2 aliphatic heterocycles. The summed E-state index contributed by atoms with van der Waals surface area (Å²) in [4.78, 5) is 24.6. The molecule has 9 heteroatoms. The largest absolute Gasteiger partial charge is 1.00 e. The molecule has 1 fully saturated rings. The van der Waals surface area contributed by atoms with Gasteiger partial charge in [-0.05, 0) is 6.92 Å². The Hall–Kier alpha value is -1.19. The summed E-state index contributed by atoms with van der Waals surface area (Å²) in [7, 11) is 1.51. The maximum atomic E-state index is 12.1. The zero-order valence-corrected chi connectivity index (χ0v) is 15.1. The molecule has 1 aromatic heterocycles. The molecule has 0 spiro atoms. The van der Waals surface area contributed by atoms with Gasteiger partial charge < -0.3 is 29.2 Å². The van der Waals surface area contributed by atoms with Gasteiger partial charge in [-0.15, -0.1) is 0 Å². The van der Waals surface area contributed by atoms with E-state index in [1.807, 2.05) is 0 Å². The molecule has 0 radical (unpaired) electrons. The Morgan fingerprint density at radius 3 is 2.91 bits per heavy atom. The summed E-state index contributed by atoms with van der Waals surface area (Å²) in [6.45, 7) is 1.75. The van der Waals surface area contributed by atoms with E-state index in [1.54, 1.807) is 6.07 Å². The summed E-state index contributed by atoms with van der Waals surface area (Å²) >= 11 is 0. The van der Waals surface area contributed by atoms with E-state index in [4.69, 9.17) is 9.26 Å². The number of fused-ring (bicyclic) bond motifs is 1. The van der Waals surface area contributed by atoms with Gasteiger partial charge in [0.2, 0.25) is 5.91 Å². The minimum atomic E-state index is -1.44. The number of carbonyl (C=O) groups excluding carboxylic acids is 2. The predicted octanol–water partition coefficient (Wildman–Crippen LogP) is -4.10. The number of methoxy groups -OCH3 is 1. The molecule has 1 saturated heterocycles. The predicted molar refractivity (Wildman–Crippen MR) is 69.6 cm³/mol. The number of rotatable bonds is 5. The maximum absolute atomic E-state index is 12.1. The van der Waals surface area contributed by atoms with Crippen LogP contribution in [0.25, 0.3) is 5.57 Å². The average Bonchev–Trinajstić information content (AvgIpc) is 3.00. The van der Waals surface area contributed by atoms with Crippen LogP contribution in [0.1, 0.15) is 24.8 Å². The Morgan fingerprint density at radius 1 is 1.65 bits per heavy atom. The van der Waals surface area contributed by atoms with Crippen LogP contribution in [0.2, 0.25) is 0 Å². The Labute approximate surface area is 154 Å². The number of hydrogen-bond acceptors (Lipinski definition) is 7. The third-order valence-corrected chi connectivity index (χ3v) is 4.07. The van der Waals surface area contributed by atoms with Crippen LogP contribution in [0.4, 0.5) is 0 Å². The first-order valence-corrected chi connectivity index (χ1v) is 6.86. The molecule has 3 heterocycles. The number of aliphatic hydroxyl groups excluding tert-OH is 1. The molecular formula is C14H15N2NaO6. The second-order valence-corrected chi connectivity index (χ2v) is 5.48. The number of aromatic nitrogens is 1. The van der Waals surface area contributed by atoms with Crippen molar-refractivity contribution in [2.75, 3.05) is 7.11 Å². The van der Waals surface area contributed by atoms with Crippen LogP contribution in [0.3, 0.4) is 0 Å². The first kappa shape index (κ1) is 18.2. The van der Waals surface area contributed by atoms with Gasteiger partial charge in [-0.2, -0.15) is 0 Å². The number of amides is 1. The quantitative estimate of drug-likeness (QED) is 0.431. The van der Waals surface area contributed by atoms with Crippen LogP contribution in [-0.4, -0.2) is 46.3 Å². The number of carbonyl (C=O) groups is 2. The van der Waals surface area contributed by atoms with Crippen LogP contribution in [0.5, 0.6) is 0 Å². The second-order valence-electron chi connectivity index (χ2n) is 5.48. The fourth-order valence-corrected chi connectivity index (χ4v) is 3.15. The summed E-state index contributed by atoms with van der Waals surface area (Å²) in [5, 5.41) is 24.9. The minimum Gasteiger partial charge on any atom is -0.543 e. The first-order valence-electron chi connectivity index (χ1n) is 6.86. The van der Waals surface area contributed by atoms with Crippen molar-refractivity contribution in [3.05, 3.63) is 23.2 Å². The summed E-state index contributed by atoms with van der Waals surface area (Å²) in [6, 6.07) is 1.20. The third kappa shape index (κ3) is 2.85. The molecule has 0 bridgehead atoms. The molecular weight excluding hydrogens is 315 g/mol. The molecule has 8 nitrogen and oxygen atoms in total. The zero-order valence-electron chi connectivity index (χ0n) is 13.1. The molecule has 3 rings (SSSR count). The van der Waals surface area contributed by atoms with Crippen molar-refractivity contribution < 1.29 is 58.6 Å². The van der Waals surface area contributed by atoms with Gasteiger partial charge >= 0.3 is 29.6 Å². The topological polar surface area (TPSA) is 116 Å². The number of carboxylic acid groups (broad SMARTS) is 1. The number of carboxylic acids is 1. The standard InChI is InChI=1S/C14H16N2O6.Na/c1-6(17)11-9-4-8(10-3-7(5-21-2)15-22-10)12(14(19)20)16(9)13(11)18;/h3,6,9,11,17H,4-5H2,1-2H3,(H,19,20);/q;+1/p-1/t6-,9-,11-;/m1./s1. The summed E-state index contributed by atoms with van der Waals surface area (Å²) in [6.07, 6.45) is -0.554. The summed E-state index contributed by atoms with van der Waals surface area (Å²) in [5.74, 6) is -2.18. The van der Waals surface area contributed by atoms with E-state index in [9.17, 15) is 19.8 Å². The molecule has 23 heavy (non-hydrogen) atoms. The number of β-lactam (4-membered cyclic amide) rings is 1. The van der Waals surface area contributed by atoms with E-state index in [0.29, 0.717) is 11.3 Å². The molecule has 0 aromatic carbocycles. The van der Waals surface area contributed by atoms with E-state index in [2.05, 4.69) is 5.16 Å². The zero-order chi connectivity index (χ0) is 16.0. The minimum absolute atomic E-state index is 0. The molecule has 118 valence electrons. The van der Waals surface area contributed by atoms with Crippen LogP contribution in [-0.2, 0) is 20.9 Å². The van der Waals surface area contributed by atoms with Gasteiger partial charge in [0.1, 0.15) is 5.69 Å². The van der Waals surface area contributed by atoms with Gasteiger partial charge in [0.15, 0.2) is 5.76 Å². The van der Waals surface area contributed by atoms with Gasteiger partial charge in [-0.3, -0.25) is 4.79 Å². The van der Waals surface area contributed by atoms with Crippen molar-refractivity contribution in [2.45, 2.75) is 32.1 Å². The Bertz CT molecular complexity index is 668. The molecule has 0 unspecified atom stereocenters. The SMILES string of the molecule is COCc1cc(C2=C(C(=O)[O-])N3C(=O)[C@H]([C@@H](C)O)[C@H]3C2)on1.[Na+]. The van der Waals surface area contributed by atoms with Crippen LogP contribution < -0.4 is 34.7 Å². The van der Waals surface area contributed by atoms with Gasteiger partial charge in [-0.25, -0.2) is 0 Å². The molecule has 1 amide bonds. The molecule has 3 atom stereocenters. The van der Waals surface area contributed by atoms with Gasteiger partial charge in [0, 0.05) is 25.2 Å². The molecule has 1 aromatic rings. The van der Waals surface area contributed by atoms with E-state index in [0.717, 1.165) is 0 Å². The molecule has 0 aliphatic carbocycles. The van der Waals surface area contributed by atoms with Crippen molar-refractivity contribution >= 4 is 17.4 Å². The summed E-state index contributed by atoms with van der Waals surface area (Å²) < 4.78 is 10.1. The first-order chi connectivity index (χ1) is 10.5. The fraction of sp³-hybridized carbons (Fsp3) is 0.500. The van der Waals surface area contributed by atoms with Crippen LogP contribution >= 0.6 is 0 Å². The number of aliphatic hydroxyl groups is 1. The molecule has 0 saturated carbocycles. The smallest absolute Gasteiger partial charge is 0.543 e. The van der Waals surface area contributed by atoms with E-state index >= 15 is 0 Å². The Kier molecular flexibility index (Phi) is 5.32. The Balaban J connectivity index is 0.00000192. The maximum Gasteiger partial charge on any atom is 1.00 e. The van der Waals surface area contributed by atoms with E-state index in [1.165, 1.54) is 18.9 Å². The van der Waals surface area contributed by atoms with Crippen LogP contribution in [0, 0.1) is 5.92 Å². The Morgan fingerprint density at radius 2 is 2.35 bits per heavy atom. The van der Waals surface area contributed by atoms with E-state index in [-0.39, 0.29) is 60.1 Å². The second kappa shape index (κ2) is 6.74. The average molecular weight is 330 g/mol. The van der Waals surface area contributed by atoms with E-state index < -0.39 is 23.9 Å². The van der Waals surface area contributed by atoms with Crippen molar-refractivity contribution in [3.8, 4) is 0 Å². The normalized spacial score (nSPS) is 24.1. The number of ether oxygens (including phenoxy) is 1. The molecule has 1 N–H and O–H groups in total. The van der Waals surface area contributed by atoms with Gasteiger partial charge in [0.25, 0.3) is 0 Å². The molecule has 2 aliphatic rings. The van der Waals surface area contributed by atoms with Gasteiger partial charge in [0.05, 0.1) is 36.3 Å². The fourth-order valence-electron chi connectivity index (χ4n) is 3.15. The van der Waals surface area contributed by atoms with Crippen molar-refractivity contribution in [1.29, 1.82) is 0 Å². The number of hydrogen-bond donors (Lipinski definition) is 1. The van der Waals surface area contributed by atoms with Crippen molar-refractivity contribution in [1.82, 2.24) is 10.1 Å². The number of aliphatic carboxylic acids is 1. The third-order valence-electron chi connectivity index (χ3n) is 4.07. The van der Waals surface area contributed by atoms with Crippen molar-refractivity contribution in [3.63, 3.8) is 0 Å².